The van der Waals surface area contributed by atoms with Crippen molar-refractivity contribution in [2.24, 2.45) is 0 Å². The van der Waals surface area contributed by atoms with Gasteiger partial charge in [-0.2, -0.15) is 5.10 Å². The Morgan fingerprint density at radius 2 is 1.97 bits per heavy atom. The van der Waals surface area contributed by atoms with E-state index in [1.807, 2.05) is 55.5 Å². The number of carbonyl (C=O) groups is 2. The summed E-state index contributed by atoms with van der Waals surface area (Å²) in [5, 5.41) is 4.39. The van der Waals surface area contributed by atoms with E-state index in [1.54, 1.807) is 0 Å². The SMILES string of the molecule is Cc1ccc2c(c1)C(=O)CC1(CCN(C(=O)C[C@@H](C)n3nc(C)nc3C)CC1)O2. The summed E-state index contributed by atoms with van der Waals surface area (Å²) >= 11 is 0. The van der Waals surface area contributed by atoms with Crippen LogP contribution in [-0.4, -0.2) is 50.0 Å². The lowest BCUT2D eigenvalue weighted by atomic mass is 9.82. The molecule has 2 aliphatic heterocycles. The maximum Gasteiger partial charge on any atom is 0.224 e. The number of Topliss-reactive ketones (excluding diaryl/α,β-unsaturated/α-hetero) is 1. The van der Waals surface area contributed by atoms with Crippen molar-refractivity contribution < 1.29 is 14.3 Å². The van der Waals surface area contributed by atoms with Gasteiger partial charge in [-0.05, 0) is 39.8 Å². The lowest BCUT2D eigenvalue weighted by Crippen LogP contribution is -2.52. The fourth-order valence-corrected chi connectivity index (χ4v) is 4.47. The summed E-state index contributed by atoms with van der Waals surface area (Å²) in [6.07, 6.45) is 2.12. The highest BCUT2D eigenvalue weighted by Gasteiger charge is 2.43. The summed E-state index contributed by atoms with van der Waals surface area (Å²) in [6.45, 7) is 8.94. The zero-order valence-corrected chi connectivity index (χ0v) is 17.6. The molecule has 2 aromatic rings. The molecule has 2 aliphatic rings. The molecule has 1 aromatic heterocycles. The van der Waals surface area contributed by atoms with Crippen LogP contribution >= 0.6 is 0 Å². The number of ether oxygens (including phenoxy) is 1. The zero-order valence-electron chi connectivity index (χ0n) is 17.6. The number of rotatable bonds is 3. The summed E-state index contributed by atoms with van der Waals surface area (Å²) in [5.74, 6) is 2.47. The summed E-state index contributed by atoms with van der Waals surface area (Å²) < 4.78 is 8.12. The number of hydrogen-bond acceptors (Lipinski definition) is 5. The van der Waals surface area contributed by atoms with E-state index in [1.165, 1.54) is 0 Å². The molecule has 0 N–H and O–H groups in total. The van der Waals surface area contributed by atoms with Crippen LogP contribution in [0.3, 0.4) is 0 Å². The second kappa shape index (κ2) is 7.28. The monoisotopic (exact) mass is 396 g/mol. The normalized spacial score (nSPS) is 19.0. The van der Waals surface area contributed by atoms with Crippen molar-refractivity contribution in [3.8, 4) is 5.75 Å². The molecule has 1 fully saturated rings. The number of carbonyl (C=O) groups excluding carboxylic acids is 2. The number of aryl methyl sites for hydroxylation is 3. The Labute approximate surface area is 171 Å². The van der Waals surface area contributed by atoms with E-state index >= 15 is 0 Å². The van der Waals surface area contributed by atoms with Gasteiger partial charge in [-0.25, -0.2) is 9.67 Å². The number of amides is 1. The lowest BCUT2D eigenvalue weighted by Gasteiger charge is -2.44. The van der Waals surface area contributed by atoms with E-state index in [0.717, 1.165) is 17.2 Å². The Morgan fingerprint density at radius 3 is 2.62 bits per heavy atom. The van der Waals surface area contributed by atoms with E-state index in [9.17, 15) is 9.59 Å². The number of nitrogens with zero attached hydrogens (tertiary/aromatic N) is 4. The Morgan fingerprint density at radius 1 is 1.24 bits per heavy atom. The van der Waals surface area contributed by atoms with Crippen LogP contribution in [-0.2, 0) is 4.79 Å². The van der Waals surface area contributed by atoms with Crippen molar-refractivity contribution in [1.29, 1.82) is 0 Å². The van der Waals surface area contributed by atoms with Crippen molar-refractivity contribution in [3.63, 3.8) is 0 Å². The van der Waals surface area contributed by atoms with Gasteiger partial charge < -0.3 is 9.64 Å². The topological polar surface area (TPSA) is 77.3 Å². The van der Waals surface area contributed by atoms with Crippen LogP contribution in [0.15, 0.2) is 18.2 Å². The highest BCUT2D eigenvalue weighted by atomic mass is 16.5. The van der Waals surface area contributed by atoms with E-state index in [2.05, 4.69) is 10.1 Å². The second-order valence-corrected chi connectivity index (χ2v) is 8.47. The van der Waals surface area contributed by atoms with Gasteiger partial charge in [-0.3, -0.25) is 9.59 Å². The van der Waals surface area contributed by atoms with E-state index in [0.29, 0.717) is 50.1 Å². The quantitative estimate of drug-likeness (QED) is 0.796. The highest BCUT2D eigenvalue weighted by Crippen LogP contribution is 2.39. The number of fused-ring (bicyclic) bond motifs is 1. The van der Waals surface area contributed by atoms with Gasteiger partial charge in [0.15, 0.2) is 5.78 Å². The van der Waals surface area contributed by atoms with Crippen molar-refractivity contribution in [2.45, 2.75) is 65.0 Å². The molecule has 1 atom stereocenters. The maximum atomic E-state index is 12.8. The van der Waals surface area contributed by atoms with Gasteiger partial charge >= 0.3 is 0 Å². The molecule has 1 saturated heterocycles. The number of likely N-dealkylation sites (tertiary alicyclic amines) is 1. The molecule has 7 heteroatoms. The summed E-state index contributed by atoms with van der Waals surface area (Å²) in [7, 11) is 0. The molecule has 1 spiro atoms. The predicted octanol–water partition coefficient (Wildman–Crippen LogP) is 3.18. The third kappa shape index (κ3) is 3.78. The first-order valence-electron chi connectivity index (χ1n) is 10.3. The number of aromatic nitrogens is 3. The molecule has 7 nitrogen and oxygen atoms in total. The fourth-order valence-electron chi connectivity index (χ4n) is 4.47. The van der Waals surface area contributed by atoms with Crippen LogP contribution in [0.5, 0.6) is 5.75 Å². The van der Waals surface area contributed by atoms with Crippen LogP contribution in [0.25, 0.3) is 0 Å². The highest BCUT2D eigenvalue weighted by molar-refractivity contribution is 6.00. The van der Waals surface area contributed by atoms with E-state index < -0.39 is 5.60 Å². The third-order valence-electron chi connectivity index (χ3n) is 6.07. The van der Waals surface area contributed by atoms with Crippen LogP contribution in [0.1, 0.15) is 66.2 Å². The van der Waals surface area contributed by atoms with Gasteiger partial charge in [0.05, 0.1) is 18.0 Å². The van der Waals surface area contributed by atoms with Gasteiger partial charge in [0.1, 0.15) is 23.0 Å². The number of hydrogen-bond donors (Lipinski definition) is 0. The molecule has 0 aliphatic carbocycles. The molecule has 1 amide bonds. The molecule has 29 heavy (non-hydrogen) atoms. The standard InChI is InChI=1S/C22H28N4O3/c1-14-5-6-20-18(11-14)19(27)13-22(29-20)7-9-25(10-8-22)21(28)12-15(2)26-17(4)23-16(3)24-26/h5-6,11,15H,7-10,12-13H2,1-4H3/t15-/m1/s1. The van der Waals surface area contributed by atoms with Gasteiger partial charge in [-0.15, -0.1) is 0 Å². The fraction of sp³-hybridized carbons (Fsp3) is 0.545. The van der Waals surface area contributed by atoms with Crippen molar-refractivity contribution in [3.05, 3.63) is 41.0 Å². The summed E-state index contributed by atoms with van der Waals surface area (Å²) in [6, 6.07) is 5.73. The first-order valence-corrected chi connectivity index (χ1v) is 10.3. The molecule has 3 heterocycles. The zero-order chi connectivity index (χ0) is 20.8. The molecule has 0 bridgehead atoms. The molecule has 1 aromatic carbocycles. The summed E-state index contributed by atoms with van der Waals surface area (Å²) in [5.41, 5.74) is 1.26. The van der Waals surface area contributed by atoms with E-state index in [-0.39, 0.29) is 17.7 Å². The van der Waals surface area contributed by atoms with Crippen LogP contribution in [0, 0.1) is 20.8 Å². The average molecular weight is 396 g/mol. The molecular weight excluding hydrogens is 368 g/mol. The largest absolute Gasteiger partial charge is 0.486 e. The molecule has 154 valence electrons. The van der Waals surface area contributed by atoms with Gasteiger partial charge in [-0.1, -0.05) is 11.6 Å². The second-order valence-electron chi connectivity index (χ2n) is 8.47. The first-order chi connectivity index (χ1) is 13.8. The molecule has 0 radical (unpaired) electrons. The van der Waals surface area contributed by atoms with Crippen molar-refractivity contribution in [2.75, 3.05) is 13.1 Å². The lowest BCUT2D eigenvalue weighted by molar-refractivity contribution is -0.135. The molecule has 4 rings (SSSR count). The number of ketones is 1. The Kier molecular flexibility index (Phi) is 4.92. The minimum atomic E-state index is -0.485. The van der Waals surface area contributed by atoms with Gasteiger partial charge in [0.2, 0.25) is 5.91 Å². The van der Waals surface area contributed by atoms with Gasteiger partial charge in [0.25, 0.3) is 0 Å². The minimum absolute atomic E-state index is 0.0396. The predicted molar refractivity (Wildman–Crippen MR) is 108 cm³/mol. The third-order valence-corrected chi connectivity index (χ3v) is 6.07. The number of piperidine rings is 1. The average Bonchev–Trinajstić information content (AvgIpc) is 3.01. The van der Waals surface area contributed by atoms with Crippen LogP contribution < -0.4 is 4.74 Å². The number of benzene rings is 1. The van der Waals surface area contributed by atoms with Crippen LogP contribution in [0.4, 0.5) is 0 Å². The minimum Gasteiger partial charge on any atom is -0.486 e. The molecular formula is C22H28N4O3. The Hall–Kier alpha value is -2.70. The maximum absolute atomic E-state index is 12.8. The van der Waals surface area contributed by atoms with Crippen molar-refractivity contribution in [1.82, 2.24) is 19.7 Å². The molecule has 0 unspecified atom stereocenters. The smallest absolute Gasteiger partial charge is 0.224 e. The Balaban J connectivity index is 1.39. The first kappa shape index (κ1) is 19.6. The Bertz CT molecular complexity index is 957. The summed E-state index contributed by atoms with van der Waals surface area (Å²) in [4.78, 5) is 31.7. The van der Waals surface area contributed by atoms with Crippen molar-refractivity contribution >= 4 is 11.7 Å². The van der Waals surface area contributed by atoms with Gasteiger partial charge in [0, 0.05) is 32.4 Å². The molecule has 0 saturated carbocycles. The van der Waals surface area contributed by atoms with Crippen LogP contribution in [0.2, 0.25) is 0 Å². The van der Waals surface area contributed by atoms with E-state index in [4.69, 9.17) is 4.74 Å².